The lowest BCUT2D eigenvalue weighted by Crippen LogP contribution is -2.45. The van der Waals surface area contributed by atoms with Gasteiger partial charge in [0.2, 0.25) is 0 Å². The number of guanidine groups is 1. The minimum atomic E-state index is -0.134. The van der Waals surface area contributed by atoms with Crippen molar-refractivity contribution in [3.63, 3.8) is 0 Å². The van der Waals surface area contributed by atoms with Crippen molar-refractivity contribution in [3.05, 3.63) is 35.6 Å². The maximum absolute atomic E-state index is 13.6. The molecule has 1 saturated heterocycles. The Kier molecular flexibility index (Phi) is 8.42. The SMILES string of the molecule is CN=C(NCCc1ccccc1F)NC1CCN(C2CCCC2)C1.I. The predicted molar refractivity (Wildman–Crippen MR) is 112 cm³/mol. The smallest absolute Gasteiger partial charge is 0.191 e. The van der Waals surface area contributed by atoms with E-state index in [2.05, 4.69) is 20.5 Å². The van der Waals surface area contributed by atoms with Crippen molar-refractivity contribution in [3.8, 4) is 0 Å². The first-order valence-corrected chi connectivity index (χ1v) is 9.21. The van der Waals surface area contributed by atoms with Crippen LogP contribution in [0.15, 0.2) is 29.3 Å². The minimum absolute atomic E-state index is 0. The molecule has 1 atom stereocenters. The van der Waals surface area contributed by atoms with Crippen molar-refractivity contribution in [1.82, 2.24) is 15.5 Å². The second-order valence-corrected chi connectivity index (χ2v) is 6.90. The number of likely N-dealkylation sites (tertiary alicyclic amines) is 1. The molecule has 3 rings (SSSR count). The molecule has 1 aromatic rings. The summed E-state index contributed by atoms with van der Waals surface area (Å²) in [5.41, 5.74) is 0.744. The summed E-state index contributed by atoms with van der Waals surface area (Å²) >= 11 is 0. The van der Waals surface area contributed by atoms with E-state index in [1.54, 1.807) is 13.1 Å². The highest BCUT2D eigenvalue weighted by Gasteiger charge is 2.30. The van der Waals surface area contributed by atoms with Gasteiger partial charge in [-0.2, -0.15) is 0 Å². The third-order valence-electron chi connectivity index (χ3n) is 5.27. The molecule has 2 fully saturated rings. The summed E-state index contributed by atoms with van der Waals surface area (Å²) < 4.78 is 13.6. The van der Waals surface area contributed by atoms with Gasteiger partial charge in [0.25, 0.3) is 0 Å². The van der Waals surface area contributed by atoms with E-state index in [-0.39, 0.29) is 29.8 Å². The molecule has 1 aromatic carbocycles. The topological polar surface area (TPSA) is 39.7 Å². The molecule has 0 aromatic heterocycles. The van der Waals surface area contributed by atoms with Crippen LogP contribution in [0.1, 0.15) is 37.7 Å². The molecule has 0 radical (unpaired) electrons. The predicted octanol–water partition coefficient (Wildman–Crippen LogP) is 3.17. The van der Waals surface area contributed by atoms with E-state index >= 15 is 0 Å². The molecule has 25 heavy (non-hydrogen) atoms. The van der Waals surface area contributed by atoms with Crippen LogP contribution in [0.3, 0.4) is 0 Å². The Morgan fingerprint density at radius 3 is 2.72 bits per heavy atom. The van der Waals surface area contributed by atoms with E-state index < -0.39 is 0 Å². The number of nitrogens with one attached hydrogen (secondary N) is 2. The van der Waals surface area contributed by atoms with Gasteiger partial charge in [0.15, 0.2) is 5.96 Å². The molecule has 2 N–H and O–H groups in total. The summed E-state index contributed by atoms with van der Waals surface area (Å²) in [6.45, 7) is 2.98. The van der Waals surface area contributed by atoms with Gasteiger partial charge in [-0.15, -0.1) is 24.0 Å². The summed E-state index contributed by atoms with van der Waals surface area (Å²) in [7, 11) is 1.79. The van der Waals surface area contributed by atoms with Gasteiger partial charge in [-0.25, -0.2) is 4.39 Å². The zero-order chi connectivity index (χ0) is 16.8. The fourth-order valence-corrected chi connectivity index (χ4v) is 3.91. The molecule has 1 saturated carbocycles. The third kappa shape index (κ3) is 5.81. The van der Waals surface area contributed by atoms with Crippen LogP contribution in [0.25, 0.3) is 0 Å². The number of benzene rings is 1. The van der Waals surface area contributed by atoms with Crippen LogP contribution in [0.4, 0.5) is 4.39 Å². The summed E-state index contributed by atoms with van der Waals surface area (Å²) in [4.78, 5) is 6.95. The van der Waals surface area contributed by atoms with Crippen molar-refractivity contribution in [1.29, 1.82) is 0 Å². The largest absolute Gasteiger partial charge is 0.356 e. The first kappa shape index (κ1) is 20.4. The van der Waals surface area contributed by atoms with Gasteiger partial charge in [-0.1, -0.05) is 31.0 Å². The summed E-state index contributed by atoms with van der Waals surface area (Å²) in [5.74, 6) is 0.690. The number of hydrogen-bond donors (Lipinski definition) is 2. The van der Waals surface area contributed by atoms with Crippen LogP contribution in [-0.4, -0.2) is 49.6 Å². The van der Waals surface area contributed by atoms with Gasteiger partial charge in [0, 0.05) is 38.8 Å². The molecule has 2 aliphatic rings. The Bertz CT molecular complexity index is 560. The third-order valence-corrected chi connectivity index (χ3v) is 5.27. The molecule has 0 spiro atoms. The van der Waals surface area contributed by atoms with Crippen LogP contribution in [0.2, 0.25) is 0 Å². The first-order chi connectivity index (χ1) is 11.8. The number of aliphatic imine (C=N–C) groups is 1. The highest BCUT2D eigenvalue weighted by Crippen LogP contribution is 2.26. The minimum Gasteiger partial charge on any atom is -0.356 e. The zero-order valence-electron chi connectivity index (χ0n) is 15.0. The maximum Gasteiger partial charge on any atom is 0.191 e. The summed E-state index contributed by atoms with van der Waals surface area (Å²) in [6.07, 6.45) is 7.33. The average Bonchev–Trinajstić information content (AvgIpc) is 3.26. The quantitative estimate of drug-likeness (QED) is 0.403. The molecule has 140 valence electrons. The van der Waals surface area contributed by atoms with Gasteiger partial charge in [-0.05, 0) is 37.3 Å². The summed E-state index contributed by atoms with van der Waals surface area (Å²) in [6, 6.07) is 8.21. The van der Waals surface area contributed by atoms with Crippen LogP contribution in [0, 0.1) is 5.82 Å². The van der Waals surface area contributed by atoms with Crippen LogP contribution in [0.5, 0.6) is 0 Å². The Morgan fingerprint density at radius 2 is 2.00 bits per heavy atom. The number of nitrogens with zero attached hydrogens (tertiary/aromatic N) is 2. The van der Waals surface area contributed by atoms with Gasteiger partial charge in [-0.3, -0.25) is 9.89 Å². The normalized spacial score (nSPS) is 22.0. The number of hydrogen-bond acceptors (Lipinski definition) is 2. The van der Waals surface area contributed by atoms with Gasteiger partial charge in [0.1, 0.15) is 5.82 Å². The average molecular weight is 460 g/mol. The van der Waals surface area contributed by atoms with Crippen LogP contribution < -0.4 is 10.6 Å². The van der Waals surface area contributed by atoms with Crippen molar-refractivity contribution in [2.24, 2.45) is 4.99 Å². The Balaban J connectivity index is 0.00000225. The monoisotopic (exact) mass is 460 g/mol. The number of halogens is 2. The Morgan fingerprint density at radius 1 is 1.24 bits per heavy atom. The molecule has 1 aliphatic heterocycles. The highest BCUT2D eigenvalue weighted by atomic mass is 127. The molecule has 0 bridgehead atoms. The van der Waals surface area contributed by atoms with E-state index in [1.165, 1.54) is 44.7 Å². The fourth-order valence-electron chi connectivity index (χ4n) is 3.91. The Labute approximate surface area is 167 Å². The summed E-state index contributed by atoms with van der Waals surface area (Å²) in [5, 5.41) is 6.83. The lowest BCUT2D eigenvalue weighted by atomic mass is 10.1. The molecule has 1 unspecified atom stereocenters. The van der Waals surface area contributed by atoms with Gasteiger partial charge in [0.05, 0.1) is 0 Å². The molecule has 6 heteroatoms. The van der Waals surface area contributed by atoms with E-state index in [0.29, 0.717) is 19.0 Å². The van der Waals surface area contributed by atoms with E-state index in [4.69, 9.17) is 0 Å². The molecular formula is C19H30FIN4. The van der Waals surface area contributed by atoms with Crippen molar-refractivity contribution in [2.75, 3.05) is 26.7 Å². The lowest BCUT2D eigenvalue weighted by Gasteiger charge is -2.24. The molecular weight excluding hydrogens is 430 g/mol. The van der Waals surface area contributed by atoms with Crippen molar-refractivity contribution in [2.45, 2.75) is 50.6 Å². The highest BCUT2D eigenvalue weighted by molar-refractivity contribution is 14.0. The van der Waals surface area contributed by atoms with E-state index in [0.717, 1.165) is 24.1 Å². The molecule has 4 nitrogen and oxygen atoms in total. The maximum atomic E-state index is 13.6. The Hall–Kier alpha value is -0.890. The second-order valence-electron chi connectivity index (χ2n) is 6.90. The standard InChI is InChI=1S/C19H29FN4.HI/c1-21-19(22-12-10-15-6-2-5-9-18(15)20)23-16-11-13-24(14-16)17-7-3-4-8-17;/h2,5-6,9,16-17H,3-4,7-8,10-14H2,1H3,(H2,21,22,23);1H. The van der Waals surface area contributed by atoms with Crippen LogP contribution in [-0.2, 0) is 6.42 Å². The van der Waals surface area contributed by atoms with Crippen LogP contribution >= 0.6 is 24.0 Å². The van der Waals surface area contributed by atoms with E-state index in [1.807, 2.05) is 12.1 Å². The number of rotatable bonds is 5. The second kappa shape index (κ2) is 10.3. The first-order valence-electron chi connectivity index (χ1n) is 9.21. The lowest BCUT2D eigenvalue weighted by molar-refractivity contribution is 0.242. The fraction of sp³-hybridized carbons (Fsp3) is 0.632. The molecule has 1 heterocycles. The zero-order valence-corrected chi connectivity index (χ0v) is 17.3. The van der Waals surface area contributed by atoms with Gasteiger partial charge < -0.3 is 10.6 Å². The van der Waals surface area contributed by atoms with Gasteiger partial charge >= 0.3 is 0 Å². The van der Waals surface area contributed by atoms with Crippen molar-refractivity contribution >= 4 is 29.9 Å². The van der Waals surface area contributed by atoms with Crippen molar-refractivity contribution < 1.29 is 4.39 Å². The molecule has 0 amide bonds. The van der Waals surface area contributed by atoms with E-state index in [9.17, 15) is 4.39 Å². The molecule has 1 aliphatic carbocycles.